The zero-order chi connectivity index (χ0) is 24.9. The minimum absolute atomic E-state index is 0.189. The van der Waals surface area contributed by atoms with Crippen molar-refractivity contribution in [3.8, 4) is 34.5 Å². The van der Waals surface area contributed by atoms with Crippen LogP contribution in [0.2, 0.25) is 0 Å². The Balaban J connectivity index is 1.50. The number of hydrogen-bond acceptors (Lipinski definition) is 7. The molecule has 0 amide bonds. The van der Waals surface area contributed by atoms with E-state index >= 15 is 0 Å². The number of nitrogens with zero attached hydrogens (tertiary/aromatic N) is 5. The highest BCUT2D eigenvalue weighted by atomic mass is 16.5. The summed E-state index contributed by atoms with van der Waals surface area (Å²) < 4.78 is 19.3. The van der Waals surface area contributed by atoms with Gasteiger partial charge in [0.25, 0.3) is 0 Å². The third kappa shape index (κ3) is 3.30. The molecule has 0 bridgehead atoms. The van der Waals surface area contributed by atoms with Crippen molar-refractivity contribution in [2.24, 2.45) is 0 Å². The summed E-state index contributed by atoms with van der Waals surface area (Å²) in [4.78, 5) is 13.7. The third-order valence-electron chi connectivity index (χ3n) is 6.80. The number of ether oxygens (including phenoxy) is 3. The van der Waals surface area contributed by atoms with Gasteiger partial charge in [-0.15, -0.1) is 5.10 Å². The minimum atomic E-state index is -0.189. The van der Waals surface area contributed by atoms with Gasteiger partial charge in [0.2, 0.25) is 5.88 Å². The average molecular weight is 488 g/mol. The van der Waals surface area contributed by atoms with Crippen LogP contribution in [-0.4, -0.2) is 38.8 Å². The molecule has 0 N–H and O–H groups in total. The number of fused-ring (bicyclic) bond motifs is 6. The largest absolute Gasteiger partial charge is 0.497 e. The fourth-order valence-electron chi connectivity index (χ4n) is 5.05. The van der Waals surface area contributed by atoms with Crippen molar-refractivity contribution in [1.29, 1.82) is 0 Å². The summed E-state index contributed by atoms with van der Waals surface area (Å²) in [6, 6.07) is 22.0. The van der Waals surface area contributed by atoms with Gasteiger partial charge in [-0.3, -0.25) is 4.98 Å². The van der Waals surface area contributed by atoms with E-state index in [1.165, 1.54) is 0 Å². The molecule has 6 aromatic rings. The van der Waals surface area contributed by atoms with Crippen LogP contribution < -0.4 is 14.2 Å². The highest BCUT2D eigenvalue weighted by Crippen LogP contribution is 2.51. The summed E-state index contributed by atoms with van der Waals surface area (Å²) in [6.07, 6.45) is 5.11. The highest BCUT2D eigenvalue weighted by Gasteiger charge is 2.34. The lowest BCUT2D eigenvalue weighted by Crippen LogP contribution is -2.15. The van der Waals surface area contributed by atoms with Crippen molar-refractivity contribution >= 4 is 16.4 Å². The summed E-state index contributed by atoms with van der Waals surface area (Å²) >= 11 is 0. The molecule has 0 saturated carbocycles. The molecule has 0 radical (unpaired) electrons. The number of pyridine rings is 1. The third-order valence-corrected chi connectivity index (χ3v) is 6.80. The number of hydrogen-bond donors (Lipinski definition) is 0. The van der Waals surface area contributed by atoms with Crippen molar-refractivity contribution in [3.05, 3.63) is 102 Å². The molecule has 3 aromatic carbocycles. The van der Waals surface area contributed by atoms with E-state index in [0.29, 0.717) is 17.4 Å². The summed E-state index contributed by atoms with van der Waals surface area (Å²) in [5.41, 5.74) is 4.51. The van der Waals surface area contributed by atoms with Gasteiger partial charge in [0.1, 0.15) is 23.6 Å². The lowest BCUT2D eigenvalue weighted by atomic mass is 9.82. The smallest absolute Gasteiger partial charge is 0.228 e. The fraction of sp³-hybridized carbons (Fsp3) is 0.103. The van der Waals surface area contributed by atoms with Gasteiger partial charge in [-0.2, -0.15) is 0 Å². The van der Waals surface area contributed by atoms with Gasteiger partial charge in [0.15, 0.2) is 11.5 Å². The SMILES string of the molecule is COc1ccc([C@H]2c3ccc4c(OC)cccc4c3Oc3ncn4nc(-c5ccncc5)nc4c32)cc1. The first-order valence-corrected chi connectivity index (χ1v) is 11.8. The van der Waals surface area contributed by atoms with Crippen LogP contribution in [0.15, 0.2) is 85.5 Å². The summed E-state index contributed by atoms with van der Waals surface area (Å²) in [7, 11) is 3.34. The Kier molecular flexibility index (Phi) is 4.78. The van der Waals surface area contributed by atoms with Gasteiger partial charge < -0.3 is 14.2 Å². The highest BCUT2D eigenvalue weighted by molar-refractivity contribution is 5.95. The Morgan fingerprint density at radius 1 is 0.865 bits per heavy atom. The second-order valence-electron chi connectivity index (χ2n) is 8.75. The number of rotatable bonds is 4. The van der Waals surface area contributed by atoms with Gasteiger partial charge in [0, 0.05) is 40.2 Å². The van der Waals surface area contributed by atoms with Gasteiger partial charge in [-0.1, -0.05) is 36.4 Å². The molecule has 7 rings (SSSR count). The second-order valence-corrected chi connectivity index (χ2v) is 8.75. The van der Waals surface area contributed by atoms with Gasteiger partial charge in [0.05, 0.1) is 19.8 Å². The Morgan fingerprint density at radius 3 is 2.49 bits per heavy atom. The Hall–Kier alpha value is -4.98. The normalized spacial score (nSPS) is 14.2. The summed E-state index contributed by atoms with van der Waals surface area (Å²) in [5, 5.41) is 6.63. The van der Waals surface area contributed by atoms with Gasteiger partial charge >= 0.3 is 0 Å². The fourth-order valence-corrected chi connectivity index (χ4v) is 5.05. The Labute approximate surface area is 212 Å². The number of methoxy groups -OCH3 is 2. The molecule has 37 heavy (non-hydrogen) atoms. The maximum atomic E-state index is 6.53. The minimum Gasteiger partial charge on any atom is -0.497 e. The molecule has 4 heterocycles. The quantitative estimate of drug-likeness (QED) is 0.318. The molecule has 0 aliphatic carbocycles. The molecule has 1 aliphatic heterocycles. The van der Waals surface area contributed by atoms with Crippen LogP contribution in [0.5, 0.6) is 23.1 Å². The Morgan fingerprint density at radius 2 is 1.70 bits per heavy atom. The van der Waals surface area contributed by atoms with E-state index in [1.54, 1.807) is 37.5 Å². The van der Waals surface area contributed by atoms with Gasteiger partial charge in [-0.25, -0.2) is 14.5 Å². The topological polar surface area (TPSA) is 83.7 Å². The molecule has 1 aliphatic rings. The van der Waals surface area contributed by atoms with Crippen LogP contribution in [0.4, 0.5) is 0 Å². The van der Waals surface area contributed by atoms with E-state index in [-0.39, 0.29) is 5.92 Å². The molecule has 8 nitrogen and oxygen atoms in total. The number of benzene rings is 3. The molecule has 3 aromatic heterocycles. The van der Waals surface area contributed by atoms with Crippen LogP contribution in [0.3, 0.4) is 0 Å². The molecule has 0 fully saturated rings. The monoisotopic (exact) mass is 487 g/mol. The zero-order valence-electron chi connectivity index (χ0n) is 20.1. The molecule has 1 atom stereocenters. The molecular weight excluding hydrogens is 466 g/mol. The first-order valence-electron chi connectivity index (χ1n) is 11.8. The standard InChI is InChI=1S/C29H21N5O3/c1-35-19-8-6-17(7-9-19)24-22-11-10-20-21(4-3-5-23(20)36-2)26(22)37-29-25(24)28-32-27(33-34(28)16-31-29)18-12-14-30-15-13-18/h3-16,24H,1-2H3/t24-/m0/s1. The Bertz CT molecular complexity index is 1780. The van der Waals surface area contributed by atoms with Crippen molar-refractivity contribution in [2.75, 3.05) is 14.2 Å². The second kappa shape index (κ2) is 8.30. The van der Waals surface area contributed by atoms with Crippen LogP contribution in [0, 0.1) is 0 Å². The predicted molar refractivity (Wildman–Crippen MR) is 139 cm³/mol. The van der Waals surface area contributed by atoms with Crippen molar-refractivity contribution in [2.45, 2.75) is 5.92 Å². The molecule has 180 valence electrons. The van der Waals surface area contributed by atoms with Crippen LogP contribution in [0.1, 0.15) is 22.6 Å². The van der Waals surface area contributed by atoms with Crippen LogP contribution in [0.25, 0.3) is 27.8 Å². The lowest BCUT2D eigenvalue weighted by molar-refractivity contribution is 0.414. The molecule has 0 spiro atoms. The van der Waals surface area contributed by atoms with E-state index in [9.17, 15) is 0 Å². The van der Waals surface area contributed by atoms with E-state index in [4.69, 9.17) is 24.3 Å². The van der Waals surface area contributed by atoms with E-state index < -0.39 is 0 Å². The van der Waals surface area contributed by atoms with E-state index in [0.717, 1.165) is 50.3 Å². The van der Waals surface area contributed by atoms with Crippen LogP contribution in [-0.2, 0) is 0 Å². The molecule has 0 unspecified atom stereocenters. The number of aromatic nitrogens is 5. The zero-order valence-corrected chi connectivity index (χ0v) is 20.1. The van der Waals surface area contributed by atoms with E-state index in [1.807, 2.05) is 42.5 Å². The lowest BCUT2D eigenvalue weighted by Gasteiger charge is -2.29. The summed E-state index contributed by atoms with van der Waals surface area (Å²) in [5.74, 6) is 3.25. The maximum absolute atomic E-state index is 6.53. The van der Waals surface area contributed by atoms with Crippen molar-refractivity contribution in [3.63, 3.8) is 0 Å². The molecular formula is C29H21N5O3. The van der Waals surface area contributed by atoms with E-state index in [2.05, 4.69) is 34.2 Å². The molecule has 0 saturated heterocycles. The maximum Gasteiger partial charge on any atom is 0.228 e. The predicted octanol–water partition coefficient (Wildman–Crippen LogP) is 5.64. The van der Waals surface area contributed by atoms with Gasteiger partial charge in [-0.05, 0) is 35.9 Å². The first-order chi connectivity index (χ1) is 18.2. The summed E-state index contributed by atoms with van der Waals surface area (Å²) in [6.45, 7) is 0. The van der Waals surface area contributed by atoms with Crippen molar-refractivity contribution in [1.82, 2.24) is 24.6 Å². The molecule has 8 heteroatoms. The average Bonchev–Trinajstić information content (AvgIpc) is 3.41. The van der Waals surface area contributed by atoms with Crippen LogP contribution >= 0.6 is 0 Å². The first kappa shape index (κ1) is 21.3. The van der Waals surface area contributed by atoms with Crippen molar-refractivity contribution < 1.29 is 14.2 Å².